The molecule has 1 unspecified atom stereocenters. The highest BCUT2D eigenvalue weighted by Crippen LogP contribution is 2.33. The lowest BCUT2D eigenvalue weighted by Crippen LogP contribution is -2.54. The average molecular weight is 306 g/mol. The summed E-state index contributed by atoms with van der Waals surface area (Å²) in [7, 11) is 0. The minimum atomic E-state index is 0.458. The fourth-order valence-corrected chi connectivity index (χ4v) is 4.38. The Bertz CT molecular complexity index is 423. The van der Waals surface area contributed by atoms with E-state index in [0.29, 0.717) is 17.1 Å². The molecule has 1 atom stereocenters. The Balaban J connectivity index is 1.72. The van der Waals surface area contributed by atoms with Crippen molar-refractivity contribution in [3.8, 4) is 0 Å². The predicted molar refractivity (Wildman–Crippen MR) is 78.1 cm³/mol. The molecule has 0 aliphatic carbocycles. The van der Waals surface area contributed by atoms with Gasteiger partial charge in [-0.3, -0.25) is 4.90 Å². The summed E-state index contributed by atoms with van der Waals surface area (Å²) < 4.78 is 0. The van der Waals surface area contributed by atoms with Crippen molar-refractivity contribution in [2.24, 2.45) is 0 Å². The Morgan fingerprint density at radius 3 is 2.94 bits per heavy atom. The smallest absolute Gasteiger partial charge is 0.187 e. The van der Waals surface area contributed by atoms with Gasteiger partial charge in [-0.15, -0.1) is 11.6 Å². The fraction of sp³-hybridized carbons (Fsp3) is 0.750. The van der Waals surface area contributed by atoms with Crippen LogP contribution in [0.1, 0.15) is 24.1 Å². The number of nitrogens with zero attached hydrogens (tertiary/aromatic N) is 3. The molecule has 3 nitrogen and oxygen atoms in total. The summed E-state index contributed by atoms with van der Waals surface area (Å²) >= 11 is 13.6. The molecule has 6 heteroatoms. The highest BCUT2D eigenvalue weighted by atomic mass is 35.5. The van der Waals surface area contributed by atoms with E-state index < -0.39 is 0 Å². The lowest BCUT2D eigenvalue weighted by molar-refractivity contribution is 0.133. The monoisotopic (exact) mass is 305 g/mol. The molecular weight excluding hydrogens is 289 g/mol. The van der Waals surface area contributed by atoms with Gasteiger partial charge in [0.1, 0.15) is 5.15 Å². The Morgan fingerprint density at radius 2 is 2.17 bits per heavy atom. The van der Waals surface area contributed by atoms with Crippen LogP contribution < -0.4 is 4.90 Å². The largest absolute Gasteiger partial charge is 0.345 e. The maximum Gasteiger partial charge on any atom is 0.187 e. The second kappa shape index (κ2) is 5.53. The van der Waals surface area contributed by atoms with Crippen molar-refractivity contribution in [2.45, 2.75) is 31.2 Å². The summed E-state index contributed by atoms with van der Waals surface area (Å²) in [6, 6.07) is 0.703. The van der Waals surface area contributed by atoms with E-state index in [9.17, 15) is 0 Å². The summed E-state index contributed by atoms with van der Waals surface area (Å²) in [5.41, 5.74) is 0. The first-order valence-corrected chi connectivity index (χ1v) is 8.21. The van der Waals surface area contributed by atoms with Crippen LogP contribution in [0.3, 0.4) is 0 Å². The standard InChI is InChI=1S/C12H17Cl2N3S/c13-7-10-11(14)15-12(18-10)17-6-5-16-4-2-1-3-9(16)8-17/h9H,1-8H2. The maximum absolute atomic E-state index is 6.08. The van der Waals surface area contributed by atoms with Gasteiger partial charge in [0.15, 0.2) is 5.13 Å². The van der Waals surface area contributed by atoms with Crippen molar-refractivity contribution in [3.63, 3.8) is 0 Å². The van der Waals surface area contributed by atoms with Crippen LogP contribution in [-0.4, -0.2) is 42.1 Å². The number of aromatic nitrogens is 1. The molecule has 0 saturated carbocycles. The van der Waals surface area contributed by atoms with Crippen LogP contribution in [0.5, 0.6) is 0 Å². The number of piperazine rings is 1. The molecule has 2 saturated heterocycles. The summed E-state index contributed by atoms with van der Waals surface area (Å²) in [6.07, 6.45) is 4.04. The second-order valence-electron chi connectivity index (χ2n) is 4.98. The number of thiazole rings is 1. The van der Waals surface area contributed by atoms with Crippen LogP contribution in [0.25, 0.3) is 0 Å². The van der Waals surface area contributed by atoms with Crippen LogP contribution in [0.15, 0.2) is 0 Å². The third kappa shape index (κ3) is 2.48. The minimum Gasteiger partial charge on any atom is -0.345 e. The molecule has 3 rings (SSSR count). The topological polar surface area (TPSA) is 19.4 Å². The van der Waals surface area contributed by atoms with E-state index in [1.54, 1.807) is 11.3 Å². The number of alkyl halides is 1. The van der Waals surface area contributed by atoms with Crippen LogP contribution >= 0.6 is 34.5 Å². The molecule has 2 aliphatic rings. The van der Waals surface area contributed by atoms with Gasteiger partial charge in [0.25, 0.3) is 0 Å². The third-order valence-electron chi connectivity index (χ3n) is 3.87. The minimum absolute atomic E-state index is 0.458. The first-order valence-electron chi connectivity index (χ1n) is 6.48. The number of hydrogen-bond donors (Lipinski definition) is 0. The molecule has 1 aromatic rings. The van der Waals surface area contributed by atoms with Crippen molar-refractivity contribution in [3.05, 3.63) is 10.0 Å². The normalized spacial score (nSPS) is 25.2. The van der Waals surface area contributed by atoms with E-state index in [1.165, 1.54) is 25.8 Å². The number of hydrogen-bond acceptors (Lipinski definition) is 4. The average Bonchev–Trinajstić information content (AvgIpc) is 2.79. The highest BCUT2D eigenvalue weighted by Gasteiger charge is 2.30. The molecule has 3 heterocycles. The van der Waals surface area contributed by atoms with E-state index in [-0.39, 0.29) is 0 Å². The van der Waals surface area contributed by atoms with Gasteiger partial charge in [0, 0.05) is 25.7 Å². The summed E-state index contributed by atoms with van der Waals surface area (Å²) in [5.74, 6) is 0.458. The molecule has 100 valence electrons. The number of rotatable bonds is 2. The summed E-state index contributed by atoms with van der Waals surface area (Å²) in [5, 5.41) is 1.62. The molecular formula is C12H17Cl2N3S. The molecule has 0 aromatic carbocycles. The van der Waals surface area contributed by atoms with Gasteiger partial charge in [-0.05, 0) is 19.4 Å². The molecule has 0 amide bonds. The number of fused-ring (bicyclic) bond motifs is 1. The molecule has 0 N–H and O–H groups in total. The Morgan fingerprint density at radius 1 is 1.28 bits per heavy atom. The Kier molecular flexibility index (Phi) is 3.99. The first-order chi connectivity index (χ1) is 8.78. The Hall–Kier alpha value is -0.0300. The third-order valence-corrected chi connectivity index (χ3v) is 5.83. The molecule has 0 radical (unpaired) electrons. The SMILES string of the molecule is ClCc1sc(N2CCN3CCCCC3C2)nc1Cl. The quantitative estimate of drug-likeness (QED) is 0.782. The zero-order chi connectivity index (χ0) is 12.5. The van der Waals surface area contributed by atoms with Gasteiger partial charge in [0.05, 0.1) is 10.8 Å². The van der Waals surface area contributed by atoms with Crippen molar-refractivity contribution in [1.29, 1.82) is 0 Å². The lowest BCUT2D eigenvalue weighted by Gasteiger charge is -2.43. The lowest BCUT2D eigenvalue weighted by atomic mass is 10.00. The van der Waals surface area contributed by atoms with E-state index in [0.717, 1.165) is 29.6 Å². The van der Waals surface area contributed by atoms with Crippen LogP contribution in [0.2, 0.25) is 5.15 Å². The second-order valence-corrected chi connectivity index (χ2v) is 6.66. The van der Waals surface area contributed by atoms with Crippen molar-refractivity contribution >= 4 is 39.7 Å². The van der Waals surface area contributed by atoms with Gasteiger partial charge >= 0.3 is 0 Å². The Labute approximate surface area is 122 Å². The van der Waals surface area contributed by atoms with Gasteiger partial charge in [0.2, 0.25) is 0 Å². The number of halogens is 2. The molecule has 2 aliphatic heterocycles. The summed E-state index contributed by atoms with van der Waals surface area (Å²) in [4.78, 5) is 10.4. The molecule has 0 spiro atoms. The molecule has 1 aromatic heterocycles. The van der Waals surface area contributed by atoms with E-state index in [1.807, 2.05) is 0 Å². The van der Waals surface area contributed by atoms with Crippen molar-refractivity contribution in [1.82, 2.24) is 9.88 Å². The predicted octanol–water partition coefficient (Wildman–Crippen LogP) is 3.21. The molecule has 2 fully saturated rings. The van der Waals surface area contributed by atoms with Crippen LogP contribution in [0, 0.1) is 0 Å². The zero-order valence-corrected chi connectivity index (χ0v) is 12.6. The van der Waals surface area contributed by atoms with Crippen LogP contribution in [-0.2, 0) is 5.88 Å². The van der Waals surface area contributed by atoms with Gasteiger partial charge in [-0.25, -0.2) is 4.98 Å². The van der Waals surface area contributed by atoms with Gasteiger partial charge < -0.3 is 4.90 Å². The fourth-order valence-electron chi connectivity index (χ4n) is 2.87. The maximum atomic E-state index is 6.08. The highest BCUT2D eigenvalue weighted by molar-refractivity contribution is 7.16. The van der Waals surface area contributed by atoms with E-state index in [4.69, 9.17) is 23.2 Å². The van der Waals surface area contributed by atoms with Crippen molar-refractivity contribution < 1.29 is 0 Å². The van der Waals surface area contributed by atoms with E-state index in [2.05, 4.69) is 14.8 Å². The van der Waals surface area contributed by atoms with Crippen molar-refractivity contribution in [2.75, 3.05) is 31.1 Å². The molecule has 0 bridgehead atoms. The molecule has 18 heavy (non-hydrogen) atoms. The van der Waals surface area contributed by atoms with Gasteiger partial charge in [-0.1, -0.05) is 29.4 Å². The van der Waals surface area contributed by atoms with E-state index >= 15 is 0 Å². The number of anilines is 1. The van der Waals surface area contributed by atoms with Crippen LogP contribution in [0.4, 0.5) is 5.13 Å². The zero-order valence-electron chi connectivity index (χ0n) is 10.2. The number of piperidine rings is 1. The van der Waals surface area contributed by atoms with Gasteiger partial charge in [-0.2, -0.15) is 0 Å². The summed E-state index contributed by atoms with van der Waals surface area (Å²) in [6.45, 7) is 4.57. The first kappa shape index (κ1) is 13.0.